The smallest absolute Gasteiger partial charge is 0.404 e. The van der Waals surface area contributed by atoms with Crippen LogP contribution < -0.4 is 11.5 Å². The van der Waals surface area contributed by atoms with E-state index in [0.29, 0.717) is 18.7 Å². The highest BCUT2D eigenvalue weighted by atomic mass is 32.2. The van der Waals surface area contributed by atoms with Crippen LogP contribution in [0.1, 0.15) is 25.8 Å². The van der Waals surface area contributed by atoms with Crippen LogP contribution in [-0.2, 0) is 30.7 Å². The number of hydrogen-bond acceptors (Lipinski definition) is 8. The zero-order valence-electron chi connectivity index (χ0n) is 21.7. The highest BCUT2D eigenvalue weighted by molar-refractivity contribution is 7.89. The summed E-state index contributed by atoms with van der Waals surface area (Å²) >= 11 is 0. The van der Waals surface area contributed by atoms with Gasteiger partial charge in [-0.25, -0.2) is 13.2 Å². The van der Waals surface area contributed by atoms with E-state index < -0.39 is 46.6 Å². The second kappa shape index (κ2) is 12.0. The molecule has 10 nitrogen and oxygen atoms in total. The van der Waals surface area contributed by atoms with Crippen molar-refractivity contribution in [1.29, 1.82) is 0 Å². The predicted octanol–water partition coefficient (Wildman–Crippen LogP) is 2.36. The number of rotatable bonds is 11. The minimum atomic E-state index is -4.11. The van der Waals surface area contributed by atoms with Crippen LogP contribution in [-0.4, -0.2) is 68.2 Å². The summed E-state index contributed by atoms with van der Waals surface area (Å²) in [6, 6.07) is 14.2. The normalized spacial score (nSPS) is 23.8. The van der Waals surface area contributed by atoms with Gasteiger partial charge in [0.05, 0.1) is 24.2 Å². The number of ether oxygens (including phenoxy) is 3. The van der Waals surface area contributed by atoms with E-state index in [0.717, 1.165) is 5.56 Å². The Morgan fingerprint density at radius 1 is 1.13 bits per heavy atom. The quantitative estimate of drug-likeness (QED) is 0.362. The van der Waals surface area contributed by atoms with Crippen molar-refractivity contribution >= 4 is 21.8 Å². The highest BCUT2D eigenvalue weighted by Crippen LogP contribution is 2.42. The van der Waals surface area contributed by atoms with Gasteiger partial charge in [0.2, 0.25) is 10.0 Å². The molecule has 1 amide bonds. The summed E-state index contributed by atoms with van der Waals surface area (Å²) < 4.78 is 46.7. The van der Waals surface area contributed by atoms with Crippen LogP contribution in [0.2, 0.25) is 0 Å². The number of nitrogen functional groups attached to an aromatic ring is 1. The molecule has 0 bridgehead atoms. The summed E-state index contributed by atoms with van der Waals surface area (Å²) in [5.41, 5.74) is 12.5. The third-order valence-electron chi connectivity index (χ3n) is 7.17. The molecule has 2 aliphatic rings. The van der Waals surface area contributed by atoms with E-state index in [9.17, 15) is 18.3 Å². The van der Waals surface area contributed by atoms with Gasteiger partial charge in [-0.1, -0.05) is 44.2 Å². The number of anilines is 1. The number of amides is 1. The molecule has 2 aromatic rings. The van der Waals surface area contributed by atoms with Crippen LogP contribution in [0.5, 0.6) is 0 Å². The van der Waals surface area contributed by atoms with E-state index in [1.807, 2.05) is 44.2 Å². The largest absolute Gasteiger partial charge is 0.443 e. The summed E-state index contributed by atoms with van der Waals surface area (Å²) in [5.74, 6) is -0.609. The van der Waals surface area contributed by atoms with Crippen LogP contribution in [0.15, 0.2) is 59.5 Å². The van der Waals surface area contributed by atoms with Gasteiger partial charge in [-0.2, -0.15) is 4.31 Å². The molecule has 2 saturated heterocycles. The van der Waals surface area contributed by atoms with Gasteiger partial charge in [0.25, 0.3) is 0 Å². The Morgan fingerprint density at radius 3 is 2.45 bits per heavy atom. The van der Waals surface area contributed by atoms with Crippen LogP contribution in [0, 0.1) is 17.8 Å². The molecule has 208 valence electrons. The number of hydrogen-bond donors (Lipinski definition) is 3. The van der Waals surface area contributed by atoms with Gasteiger partial charge in [-0.15, -0.1) is 0 Å². The number of primary amides is 1. The van der Waals surface area contributed by atoms with Crippen molar-refractivity contribution in [3.8, 4) is 0 Å². The Hall–Kier alpha value is -2.70. The summed E-state index contributed by atoms with van der Waals surface area (Å²) in [7, 11) is -4.11. The molecular formula is C27H37N3O7S. The number of nitrogens with two attached hydrogens (primary N) is 2. The van der Waals surface area contributed by atoms with Crippen LogP contribution in [0.4, 0.5) is 10.5 Å². The molecule has 0 radical (unpaired) electrons. The third kappa shape index (κ3) is 6.29. The molecule has 2 fully saturated rings. The zero-order chi connectivity index (χ0) is 27.4. The number of sulfonamides is 1. The maximum absolute atomic E-state index is 14.1. The Labute approximate surface area is 223 Å². The first-order chi connectivity index (χ1) is 18.1. The Bertz CT molecular complexity index is 1180. The Kier molecular flexibility index (Phi) is 8.94. The highest BCUT2D eigenvalue weighted by Gasteiger charge is 2.52. The van der Waals surface area contributed by atoms with Gasteiger partial charge < -0.3 is 30.8 Å². The molecule has 5 N–H and O–H groups in total. The van der Waals surface area contributed by atoms with Crippen molar-refractivity contribution in [3.05, 3.63) is 60.2 Å². The number of fused-ring (bicyclic) bond motifs is 1. The van der Waals surface area contributed by atoms with Gasteiger partial charge in [-0.05, 0) is 42.2 Å². The minimum Gasteiger partial charge on any atom is -0.443 e. The molecule has 2 heterocycles. The molecule has 0 saturated carbocycles. The van der Waals surface area contributed by atoms with E-state index in [1.54, 1.807) is 0 Å². The fourth-order valence-corrected chi connectivity index (χ4v) is 7.30. The second-order valence-electron chi connectivity index (χ2n) is 10.4. The monoisotopic (exact) mass is 547 g/mol. The molecular weight excluding hydrogens is 510 g/mol. The minimum absolute atomic E-state index is 0.0538. The molecule has 2 aliphatic heterocycles. The first kappa shape index (κ1) is 28.3. The van der Waals surface area contributed by atoms with Crippen molar-refractivity contribution < 1.29 is 32.5 Å². The fourth-order valence-electron chi connectivity index (χ4n) is 5.45. The first-order valence-electron chi connectivity index (χ1n) is 12.9. The molecule has 38 heavy (non-hydrogen) atoms. The van der Waals surface area contributed by atoms with E-state index in [4.69, 9.17) is 25.7 Å². The summed E-state index contributed by atoms with van der Waals surface area (Å²) in [4.78, 5) is 12.0. The molecule has 2 aromatic carbocycles. The lowest BCUT2D eigenvalue weighted by atomic mass is 9.82. The second-order valence-corrected chi connectivity index (χ2v) is 12.3. The van der Waals surface area contributed by atoms with Crippen molar-refractivity contribution in [2.24, 2.45) is 23.5 Å². The van der Waals surface area contributed by atoms with Crippen molar-refractivity contribution in [2.75, 3.05) is 25.5 Å². The van der Waals surface area contributed by atoms with E-state index in [1.165, 1.54) is 28.6 Å². The zero-order valence-corrected chi connectivity index (χ0v) is 22.5. The molecule has 0 aromatic heterocycles. The molecule has 4 rings (SSSR count). The lowest BCUT2D eigenvalue weighted by Gasteiger charge is -2.41. The predicted molar refractivity (Wildman–Crippen MR) is 141 cm³/mol. The van der Waals surface area contributed by atoms with Crippen LogP contribution in [0.25, 0.3) is 0 Å². The van der Waals surface area contributed by atoms with Gasteiger partial charge >= 0.3 is 6.09 Å². The summed E-state index contributed by atoms with van der Waals surface area (Å²) in [6.45, 7) is 4.61. The number of aliphatic hydroxyl groups is 1. The third-order valence-corrected chi connectivity index (χ3v) is 9.04. The number of nitrogens with zero attached hydrogens (tertiary/aromatic N) is 1. The maximum atomic E-state index is 14.1. The lowest BCUT2D eigenvalue weighted by Crippen LogP contribution is -2.58. The standard InChI is InChI=1S/C27H37N3O7S/c1-17(2)15-30(38(33,34)20-10-8-19(28)9-11-20)24(22-16-36-26-21(22)12-13-35-26)25(31)23(37-27(29)32)14-18-6-4-3-5-7-18/h3-11,17,21-26,31H,12-16,28H2,1-2H3,(H2,29,32)/t21-,22?,23-,24+,25-,26+/m0/s1. The van der Waals surface area contributed by atoms with Crippen molar-refractivity contribution in [3.63, 3.8) is 0 Å². The molecule has 0 aliphatic carbocycles. The summed E-state index contributed by atoms with van der Waals surface area (Å²) in [6.07, 6.45) is -3.21. The van der Waals surface area contributed by atoms with E-state index >= 15 is 0 Å². The molecule has 6 atom stereocenters. The number of carbonyl (C=O) groups excluding carboxylic acids is 1. The molecule has 0 spiro atoms. The number of aliphatic hydroxyl groups excluding tert-OH is 1. The fraction of sp³-hybridized carbons (Fsp3) is 0.519. The maximum Gasteiger partial charge on any atom is 0.404 e. The average Bonchev–Trinajstić information content (AvgIpc) is 3.48. The van der Waals surface area contributed by atoms with Crippen LogP contribution in [0.3, 0.4) is 0 Å². The molecule has 1 unspecified atom stereocenters. The molecule has 11 heteroatoms. The SMILES string of the molecule is CC(C)CN([C@H](C1CO[C@H]2OCC[C@@H]12)[C@@H](O)[C@H](Cc1ccccc1)OC(N)=O)S(=O)(=O)c1ccc(N)cc1. The van der Waals surface area contributed by atoms with Gasteiger partial charge in [0.1, 0.15) is 12.2 Å². The number of carbonyl (C=O) groups is 1. The van der Waals surface area contributed by atoms with Gasteiger partial charge in [-0.3, -0.25) is 0 Å². The summed E-state index contributed by atoms with van der Waals surface area (Å²) in [5, 5.41) is 11.9. The Morgan fingerprint density at radius 2 is 1.82 bits per heavy atom. The first-order valence-corrected chi connectivity index (χ1v) is 14.3. The van der Waals surface area contributed by atoms with Gasteiger partial charge in [0.15, 0.2) is 6.29 Å². The van der Waals surface area contributed by atoms with Crippen LogP contribution >= 0.6 is 0 Å². The average molecular weight is 548 g/mol. The number of benzene rings is 2. The van der Waals surface area contributed by atoms with E-state index in [2.05, 4.69) is 0 Å². The Balaban J connectivity index is 1.79. The van der Waals surface area contributed by atoms with Crippen molar-refractivity contribution in [1.82, 2.24) is 4.31 Å². The van der Waals surface area contributed by atoms with Gasteiger partial charge in [0, 0.05) is 30.5 Å². The van der Waals surface area contributed by atoms with E-state index in [-0.39, 0.29) is 36.3 Å². The topological polar surface area (TPSA) is 154 Å². The lowest BCUT2D eigenvalue weighted by molar-refractivity contribution is -0.0908. The van der Waals surface area contributed by atoms with Crippen molar-refractivity contribution in [2.45, 2.75) is 56.1 Å².